The Bertz CT molecular complexity index is 687. The van der Waals surface area contributed by atoms with E-state index in [1.165, 1.54) is 0 Å². The molecule has 1 aliphatic rings. The molecule has 0 radical (unpaired) electrons. The standard InChI is InChI=1S/C20H27Cl2NO4/c1-5-9-26-17-11-16(22)15(21)10-14(17)18(24)13-7-6-8-23(12-13)19(25)27-20(2,3)4/h5,10-11,13,18,24H,1,6-9,12H2,2-4H3/t13-,18?/m1/s1. The van der Waals surface area contributed by atoms with Crippen LogP contribution in [-0.4, -0.2) is 41.4 Å². The molecule has 1 N–H and O–H groups in total. The van der Waals surface area contributed by atoms with E-state index in [0.29, 0.717) is 34.4 Å². The lowest BCUT2D eigenvalue weighted by molar-refractivity contribution is 0.00206. The van der Waals surface area contributed by atoms with E-state index in [1.807, 2.05) is 20.8 Å². The molecule has 0 saturated carbocycles. The van der Waals surface area contributed by atoms with Crippen molar-refractivity contribution in [3.05, 3.63) is 40.4 Å². The first-order chi connectivity index (χ1) is 12.6. The number of hydrogen-bond acceptors (Lipinski definition) is 4. The highest BCUT2D eigenvalue weighted by Crippen LogP contribution is 2.39. The number of benzene rings is 1. The van der Waals surface area contributed by atoms with Crippen LogP contribution in [0.3, 0.4) is 0 Å². The van der Waals surface area contributed by atoms with Gasteiger partial charge in [-0.1, -0.05) is 35.9 Å². The molecule has 1 fully saturated rings. The molecule has 1 unspecified atom stereocenters. The number of piperidine rings is 1. The maximum absolute atomic E-state index is 12.4. The van der Waals surface area contributed by atoms with Crippen LogP contribution < -0.4 is 4.74 Å². The van der Waals surface area contributed by atoms with Crippen molar-refractivity contribution in [3.63, 3.8) is 0 Å². The fraction of sp³-hybridized carbons (Fsp3) is 0.550. The van der Waals surface area contributed by atoms with E-state index in [1.54, 1.807) is 23.1 Å². The van der Waals surface area contributed by atoms with E-state index in [2.05, 4.69) is 6.58 Å². The lowest BCUT2D eigenvalue weighted by atomic mass is 9.88. The van der Waals surface area contributed by atoms with Crippen LogP contribution in [0.4, 0.5) is 4.79 Å². The largest absolute Gasteiger partial charge is 0.489 e. The third-order valence-corrected chi connectivity index (χ3v) is 5.01. The van der Waals surface area contributed by atoms with Crippen LogP contribution >= 0.6 is 23.2 Å². The predicted molar refractivity (Wildman–Crippen MR) is 108 cm³/mol. The maximum atomic E-state index is 12.4. The molecule has 27 heavy (non-hydrogen) atoms. The summed E-state index contributed by atoms with van der Waals surface area (Å²) in [5.74, 6) is 0.306. The van der Waals surface area contributed by atoms with Crippen LogP contribution in [-0.2, 0) is 4.74 Å². The molecular weight excluding hydrogens is 389 g/mol. The first-order valence-corrected chi connectivity index (χ1v) is 9.76. The van der Waals surface area contributed by atoms with Crippen molar-refractivity contribution >= 4 is 29.3 Å². The molecule has 1 amide bonds. The van der Waals surface area contributed by atoms with Gasteiger partial charge in [-0.3, -0.25) is 0 Å². The average molecular weight is 416 g/mol. The van der Waals surface area contributed by atoms with Crippen molar-refractivity contribution in [2.45, 2.75) is 45.3 Å². The summed E-state index contributed by atoms with van der Waals surface area (Å²) in [4.78, 5) is 14.0. The molecule has 0 spiro atoms. The van der Waals surface area contributed by atoms with Gasteiger partial charge in [-0.2, -0.15) is 0 Å². The molecule has 0 aliphatic carbocycles. The van der Waals surface area contributed by atoms with E-state index in [0.717, 1.165) is 12.8 Å². The summed E-state index contributed by atoms with van der Waals surface area (Å²) in [6.07, 6.45) is 1.97. The third kappa shape index (κ3) is 6.03. The Morgan fingerprint density at radius 1 is 1.41 bits per heavy atom. The molecule has 150 valence electrons. The first-order valence-electron chi connectivity index (χ1n) is 9.01. The van der Waals surface area contributed by atoms with Gasteiger partial charge in [-0.15, -0.1) is 0 Å². The van der Waals surface area contributed by atoms with Crippen LogP contribution in [0.5, 0.6) is 5.75 Å². The Kier molecular flexibility index (Phi) is 7.43. The second-order valence-electron chi connectivity index (χ2n) is 7.68. The van der Waals surface area contributed by atoms with Gasteiger partial charge in [0.25, 0.3) is 0 Å². The van der Waals surface area contributed by atoms with Gasteiger partial charge in [0.15, 0.2) is 0 Å². The lowest BCUT2D eigenvalue weighted by Gasteiger charge is -2.36. The minimum absolute atomic E-state index is 0.158. The van der Waals surface area contributed by atoms with Crippen molar-refractivity contribution in [3.8, 4) is 5.75 Å². The van der Waals surface area contributed by atoms with E-state index < -0.39 is 11.7 Å². The third-order valence-electron chi connectivity index (χ3n) is 4.28. The van der Waals surface area contributed by atoms with Gasteiger partial charge in [0.05, 0.1) is 16.1 Å². The van der Waals surface area contributed by atoms with E-state index >= 15 is 0 Å². The molecule has 0 bridgehead atoms. The van der Waals surface area contributed by atoms with Crippen molar-refractivity contribution in [2.75, 3.05) is 19.7 Å². The van der Waals surface area contributed by atoms with Gasteiger partial charge in [0, 0.05) is 30.6 Å². The number of likely N-dealkylation sites (tertiary alicyclic amines) is 1. The van der Waals surface area contributed by atoms with Gasteiger partial charge in [-0.05, 0) is 39.7 Å². The first kappa shape index (κ1) is 21.9. The van der Waals surface area contributed by atoms with E-state index in [-0.39, 0.29) is 18.6 Å². The number of hydrogen-bond donors (Lipinski definition) is 1. The number of aliphatic hydroxyl groups is 1. The number of ether oxygens (including phenoxy) is 2. The highest BCUT2D eigenvalue weighted by Gasteiger charge is 2.33. The Balaban J connectivity index is 2.19. The summed E-state index contributed by atoms with van der Waals surface area (Å²) in [6, 6.07) is 3.22. The Morgan fingerprint density at radius 3 is 2.70 bits per heavy atom. The van der Waals surface area contributed by atoms with Crippen molar-refractivity contribution in [2.24, 2.45) is 5.92 Å². The molecule has 0 aromatic heterocycles. The molecule has 7 heteroatoms. The molecule has 2 atom stereocenters. The zero-order chi connectivity index (χ0) is 20.2. The van der Waals surface area contributed by atoms with Gasteiger partial charge >= 0.3 is 6.09 Å². The van der Waals surface area contributed by atoms with Crippen LogP contribution in [0.25, 0.3) is 0 Å². The Hall–Kier alpha value is -1.43. The summed E-state index contributed by atoms with van der Waals surface area (Å²) in [5.41, 5.74) is 0.000180. The topological polar surface area (TPSA) is 59.0 Å². The number of carbonyl (C=O) groups is 1. The van der Waals surface area contributed by atoms with Crippen molar-refractivity contribution in [1.82, 2.24) is 4.90 Å². The second kappa shape index (κ2) is 9.18. The fourth-order valence-corrected chi connectivity index (χ4v) is 3.39. The van der Waals surface area contributed by atoms with Gasteiger partial charge in [-0.25, -0.2) is 4.79 Å². The van der Waals surface area contributed by atoms with Crippen molar-refractivity contribution < 1.29 is 19.4 Å². The summed E-state index contributed by atoms with van der Waals surface area (Å²) in [5, 5.41) is 11.7. The van der Waals surface area contributed by atoms with E-state index in [9.17, 15) is 9.90 Å². The number of amides is 1. The van der Waals surface area contributed by atoms with Crippen LogP contribution in [0.2, 0.25) is 10.0 Å². The smallest absolute Gasteiger partial charge is 0.410 e. The molecular formula is C20H27Cl2NO4. The van der Waals surface area contributed by atoms with Crippen LogP contribution in [0.1, 0.15) is 45.3 Å². The fourth-order valence-electron chi connectivity index (χ4n) is 3.06. The summed E-state index contributed by atoms with van der Waals surface area (Å²) < 4.78 is 11.1. The maximum Gasteiger partial charge on any atom is 0.410 e. The van der Waals surface area contributed by atoms with Crippen molar-refractivity contribution in [1.29, 1.82) is 0 Å². The molecule has 1 heterocycles. The molecule has 1 aliphatic heterocycles. The summed E-state index contributed by atoms with van der Waals surface area (Å²) in [7, 11) is 0. The Labute approximate surface area is 170 Å². The lowest BCUT2D eigenvalue weighted by Crippen LogP contribution is -2.44. The Morgan fingerprint density at radius 2 is 2.07 bits per heavy atom. The van der Waals surface area contributed by atoms with E-state index in [4.69, 9.17) is 32.7 Å². The number of aliphatic hydroxyl groups excluding tert-OH is 1. The molecule has 1 saturated heterocycles. The van der Waals surface area contributed by atoms with Crippen LogP contribution in [0.15, 0.2) is 24.8 Å². The highest BCUT2D eigenvalue weighted by molar-refractivity contribution is 6.42. The molecule has 1 aromatic carbocycles. The van der Waals surface area contributed by atoms with Gasteiger partial charge < -0.3 is 19.5 Å². The summed E-state index contributed by atoms with van der Waals surface area (Å²) in [6.45, 7) is 10.4. The molecule has 2 rings (SSSR count). The number of halogens is 2. The highest BCUT2D eigenvalue weighted by atomic mass is 35.5. The summed E-state index contributed by atoms with van der Waals surface area (Å²) >= 11 is 12.2. The number of carbonyl (C=O) groups excluding carboxylic acids is 1. The SMILES string of the molecule is C=CCOc1cc(Cl)c(Cl)cc1C(O)[C@@H]1CCCN(C(=O)OC(C)(C)C)C1. The molecule has 1 aromatic rings. The van der Waals surface area contributed by atoms with Gasteiger partial charge in [0.2, 0.25) is 0 Å². The second-order valence-corrected chi connectivity index (χ2v) is 8.49. The normalized spacial score (nSPS) is 18.7. The average Bonchev–Trinajstić information content (AvgIpc) is 2.60. The molecule has 5 nitrogen and oxygen atoms in total. The predicted octanol–water partition coefficient (Wildman–Crippen LogP) is 5.24. The van der Waals surface area contributed by atoms with Crippen LogP contribution in [0, 0.1) is 5.92 Å². The van der Waals surface area contributed by atoms with Gasteiger partial charge in [0.1, 0.15) is 18.0 Å². The minimum atomic E-state index is -0.843. The number of rotatable bonds is 5. The number of nitrogens with zero attached hydrogens (tertiary/aromatic N) is 1. The monoisotopic (exact) mass is 415 g/mol. The minimum Gasteiger partial charge on any atom is -0.489 e. The quantitative estimate of drug-likeness (QED) is 0.667. The zero-order valence-electron chi connectivity index (χ0n) is 16.0. The zero-order valence-corrected chi connectivity index (χ0v) is 17.5.